The van der Waals surface area contributed by atoms with Crippen LogP contribution < -0.4 is 5.32 Å². The number of aromatic nitrogens is 1. The van der Waals surface area contributed by atoms with Crippen LogP contribution >= 0.6 is 0 Å². The fraction of sp³-hybridized carbons (Fsp3) is 0.636. The van der Waals surface area contributed by atoms with E-state index in [-0.39, 0.29) is 6.42 Å². The predicted octanol–water partition coefficient (Wildman–Crippen LogP) is 1.16. The molecule has 0 aromatic carbocycles. The van der Waals surface area contributed by atoms with Crippen molar-refractivity contribution >= 4 is 5.97 Å². The smallest absolute Gasteiger partial charge is 0.303 e. The zero-order valence-electron chi connectivity index (χ0n) is 9.11. The summed E-state index contributed by atoms with van der Waals surface area (Å²) in [6.45, 7) is 2.02. The van der Waals surface area contributed by atoms with E-state index < -0.39 is 5.97 Å². The minimum atomic E-state index is -0.818. The Morgan fingerprint density at radius 1 is 1.56 bits per heavy atom. The molecule has 1 saturated heterocycles. The Morgan fingerprint density at radius 3 is 3.00 bits per heavy atom. The molecular weight excluding hydrogens is 208 g/mol. The second-order valence-electron chi connectivity index (χ2n) is 4.07. The molecule has 0 saturated carbocycles. The largest absolute Gasteiger partial charge is 0.481 e. The van der Waals surface area contributed by atoms with Gasteiger partial charge in [-0.25, -0.2) is 4.98 Å². The van der Waals surface area contributed by atoms with Crippen LogP contribution in [0.1, 0.15) is 36.8 Å². The molecule has 0 radical (unpaired) electrons. The lowest BCUT2D eigenvalue weighted by molar-refractivity contribution is -0.137. The summed E-state index contributed by atoms with van der Waals surface area (Å²) in [5.74, 6) is 1.06. The molecule has 0 aliphatic carbocycles. The van der Waals surface area contributed by atoms with Gasteiger partial charge in [-0.15, -0.1) is 0 Å². The quantitative estimate of drug-likeness (QED) is 0.802. The van der Waals surface area contributed by atoms with Gasteiger partial charge in [-0.1, -0.05) is 0 Å². The molecule has 2 rings (SSSR count). The second kappa shape index (κ2) is 5.12. The number of aryl methyl sites for hydroxylation is 1. The van der Waals surface area contributed by atoms with E-state index in [0.717, 1.165) is 31.7 Å². The topological polar surface area (TPSA) is 75.4 Å². The lowest BCUT2D eigenvalue weighted by Gasteiger charge is -2.19. The Labute approximate surface area is 93.9 Å². The number of carbonyl (C=O) groups is 1. The highest BCUT2D eigenvalue weighted by Gasteiger charge is 2.19. The van der Waals surface area contributed by atoms with Crippen LogP contribution in [-0.4, -0.2) is 29.1 Å². The van der Waals surface area contributed by atoms with Crippen molar-refractivity contribution in [3.05, 3.63) is 17.8 Å². The van der Waals surface area contributed by atoms with Crippen LogP contribution in [0, 0.1) is 0 Å². The summed E-state index contributed by atoms with van der Waals surface area (Å²) in [6, 6.07) is 0. The monoisotopic (exact) mass is 224 g/mol. The summed E-state index contributed by atoms with van der Waals surface area (Å²) in [5.41, 5.74) is 0. The number of aliphatic carboxylic acids is 1. The Hall–Kier alpha value is -1.36. The fourth-order valence-electron chi connectivity index (χ4n) is 1.95. The van der Waals surface area contributed by atoms with Crippen molar-refractivity contribution in [1.82, 2.24) is 10.3 Å². The summed E-state index contributed by atoms with van der Waals surface area (Å²) >= 11 is 0. The normalized spacial score (nSPS) is 17.5. The van der Waals surface area contributed by atoms with E-state index in [0.29, 0.717) is 18.2 Å². The third kappa shape index (κ3) is 2.82. The number of nitrogens with one attached hydrogen (secondary N) is 1. The van der Waals surface area contributed by atoms with Gasteiger partial charge < -0.3 is 14.8 Å². The van der Waals surface area contributed by atoms with Crippen LogP contribution in [0.4, 0.5) is 0 Å². The Morgan fingerprint density at radius 2 is 2.31 bits per heavy atom. The van der Waals surface area contributed by atoms with Gasteiger partial charge in [0.15, 0.2) is 5.89 Å². The molecule has 88 valence electrons. The van der Waals surface area contributed by atoms with Gasteiger partial charge in [0, 0.05) is 12.3 Å². The maximum absolute atomic E-state index is 10.4. The SMILES string of the molecule is O=C(O)CCc1ncc(C2CCNCC2)o1. The van der Waals surface area contributed by atoms with Crippen molar-refractivity contribution in [3.8, 4) is 0 Å². The number of oxazole rings is 1. The molecule has 1 aromatic heterocycles. The maximum atomic E-state index is 10.4. The van der Waals surface area contributed by atoms with Crippen LogP contribution in [0.2, 0.25) is 0 Å². The average molecular weight is 224 g/mol. The van der Waals surface area contributed by atoms with Crippen LogP contribution in [0.3, 0.4) is 0 Å². The minimum absolute atomic E-state index is 0.0756. The van der Waals surface area contributed by atoms with E-state index in [1.54, 1.807) is 6.20 Å². The summed E-state index contributed by atoms with van der Waals surface area (Å²) in [6.07, 6.45) is 4.32. The minimum Gasteiger partial charge on any atom is -0.481 e. The standard InChI is InChI=1S/C11H16N2O3/c14-11(15)2-1-10-13-7-9(16-10)8-3-5-12-6-4-8/h7-8,12H,1-6H2,(H,14,15). The third-order valence-corrected chi connectivity index (χ3v) is 2.87. The molecule has 5 heteroatoms. The van der Waals surface area contributed by atoms with Gasteiger partial charge in [-0.3, -0.25) is 4.79 Å². The lowest BCUT2D eigenvalue weighted by Crippen LogP contribution is -2.26. The van der Waals surface area contributed by atoms with E-state index in [1.165, 1.54) is 0 Å². The van der Waals surface area contributed by atoms with Gasteiger partial charge in [0.25, 0.3) is 0 Å². The molecule has 2 N–H and O–H groups in total. The predicted molar refractivity (Wildman–Crippen MR) is 57.3 cm³/mol. The second-order valence-corrected chi connectivity index (χ2v) is 4.07. The van der Waals surface area contributed by atoms with E-state index >= 15 is 0 Å². The summed E-state index contributed by atoms with van der Waals surface area (Å²) in [5, 5.41) is 11.8. The number of piperidine rings is 1. The molecule has 1 aromatic rings. The number of hydrogen-bond acceptors (Lipinski definition) is 4. The zero-order valence-corrected chi connectivity index (χ0v) is 9.11. The molecule has 0 unspecified atom stereocenters. The van der Waals surface area contributed by atoms with Crippen molar-refractivity contribution in [1.29, 1.82) is 0 Å². The third-order valence-electron chi connectivity index (χ3n) is 2.87. The lowest BCUT2D eigenvalue weighted by atomic mass is 9.96. The van der Waals surface area contributed by atoms with Gasteiger partial charge in [-0.2, -0.15) is 0 Å². The van der Waals surface area contributed by atoms with Crippen LogP contribution in [-0.2, 0) is 11.2 Å². The van der Waals surface area contributed by atoms with Gasteiger partial charge in [-0.05, 0) is 25.9 Å². The Bertz CT molecular complexity index is 356. The Kier molecular flexibility index (Phi) is 3.56. The first kappa shape index (κ1) is 11.1. The summed E-state index contributed by atoms with van der Waals surface area (Å²) in [7, 11) is 0. The number of nitrogens with zero attached hydrogens (tertiary/aromatic N) is 1. The van der Waals surface area contributed by atoms with Crippen molar-refractivity contribution in [2.45, 2.75) is 31.6 Å². The molecule has 2 heterocycles. The van der Waals surface area contributed by atoms with Crippen molar-refractivity contribution in [3.63, 3.8) is 0 Å². The van der Waals surface area contributed by atoms with Crippen LogP contribution in [0.5, 0.6) is 0 Å². The highest BCUT2D eigenvalue weighted by atomic mass is 16.4. The van der Waals surface area contributed by atoms with E-state index in [1.807, 2.05) is 0 Å². The van der Waals surface area contributed by atoms with E-state index in [2.05, 4.69) is 10.3 Å². The molecule has 0 atom stereocenters. The first-order chi connectivity index (χ1) is 7.75. The van der Waals surface area contributed by atoms with Gasteiger partial charge in [0.2, 0.25) is 0 Å². The molecule has 0 spiro atoms. The molecule has 0 amide bonds. The number of carboxylic acid groups (broad SMARTS) is 1. The van der Waals surface area contributed by atoms with Crippen molar-refractivity contribution < 1.29 is 14.3 Å². The zero-order chi connectivity index (χ0) is 11.4. The van der Waals surface area contributed by atoms with Gasteiger partial charge in [0.1, 0.15) is 5.76 Å². The summed E-state index contributed by atoms with van der Waals surface area (Å²) in [4.78, 5) is 14.5. The Balaban J connectivity index is 1.93. The first-order valence-corrected chi connectivity index (χ1v) is 5.63. The highest BCUT2D eigenvalue weighted by Crippen LogP contribution is 2.25. The number of hydrogen-bond donors (Lipinski definition) is 2. The van der Waals surface area contributed by atoms with Crippen LogP contribution in [0.25, 0.3) is 0 Å². The van der Waals surface area contributed by atoms with Gasteiger partial charge >= 0.3 is 5.97 Å². The van der Waals surface area contributed by atoms with Crippen LogP contribution in [0.15, 0.2) is 10.6 Å². The average Bonchev–Trinajstić information content (AvgIpc) is 2.76. The highest BCUT2D eigenvalue weighted by molar-refractivity contribution is 5.66. The van der Waals surface area contributed by atoms with Crippen molar-refractivity contribution in [2.75, 3.05) is 13.1 Å². The number of rotatable bonds is 4. The molecule has 1 aliphatic rings. The van der Waals surface area contributed by atoms with Crippen molar-refractivity contribution in [2.24, 2.45) is 0 Å². The van der Waals surface area contributed by atoms with E-state index in [9.17, 15) is 4.79 Å². The van der Waals surface area contributed by atoms with Gasteiger partial charge in [0.05, 0.1) is 12.6 Å². The first-order valence-electron chi connectivity index (χ1n) is 5.63. The van der Waals surface area contributed by atoms with E-state index in [4.69, 9.17) is 9.52 Å². The molecule has 1 fully saturated rings. The molecule has 1 aliphatic heterocycles. The molecule has 5 nitrogen and oxygen atoms in total. The summed E-state index contributed by atoms with van der Waals surface area (Å²) < 4.78 is 5.57. The number of carboxylic acids is 1. The maximum Gasteiger partial charge on any atom is 0.303 e. The molecule has 16 heavy (non-hydrogen) atoms. The molecular formula is C11H16N2O3. The molecule has 0 bridgehead atoms. The fourth-order valence-corrected chi connectivity index (χ4v) is 1.95.